The lowest BCUT2D eigenvalue weighted by Crippen LogP contribution is -2.45. The van der Waals surface area contributed by atoms with E-state index in [4.69, 9.17) is 4.74 Å². The van der Waals surface area contributed by atoms with Gasteiger partial charge in [0.2, 0.25) is 5.91 Å². The minimum atomic E-state index is -0.647. The second-order valence-electron chi connectivity index (χ2n) is 6.80. The van der Waals surface area contributed by atoms with E-state index in [1.54, 1.807) is 11.0 Å². The molecule has 0 unspecified atom stereocenters. The van der Waals surface area contributed by atoms with E-state index < -0.39 is 6.10 Å². The number of amides is 2. The molecule has 0 aliphatic carbocycles. The van der Waals surface area contributed by atoms with Gasteiger partial charge in [-0.2, -0.15) is 0 Å². The quantitative estimate of drug-likeness (QED) is 0.882. The third-order valence-electron chi connectivity index (χ3n) is 4.81. The first-order chi connectivity index (χ1) is 13.1. The van der Waals surface area contributed by atoms with Gasteiger partial charge in [0.25, 0.3) is 5.91 Å². The van der Waals surface area contributed by atoms with Gasteiger partial charge >= 0.3 is 0 Å². The second-order valence-corrected chi connectivity index (χ2v) is 6.80. The fourth-order valence-corrected chi connectivity index (χ4v) is 3.41. The fraction of sp³-hybridized carbons (Fsp3) is 0.381. The number of anilines is 1. The predicted molar refractivity (Wildman–Crippen MR) is 103 cm³/mol. The first-order valence-electron chi connectivity index (χ1n) is 9.19. The minimum absolute atomic E-state index is 0.0979. The van der Waals surface area contributed by atoms with Crippen LogP contribution in [0.15, 0.2) is 48.5 Å². The van der Waals surface area contributed by atoms with E-state index in [-0.39, 0.29) is 17.7 Å². The molecule has 27 heavy (non-hydrogen) atoms. The van der Waals surface area contributed by atoms with Crippen molar-refractivity contribution in [1.29, 1.82) is 0 Å². The molecule has 1 fully saturated rings. The van der Waals surface area contributed by atoms with Crippen molar-refractivity contribution in [2.45, 2.75) is 25.9 Å². The summed E-state index contributed by atoms with van der Waals surface area (Å²) in [4.78, 5) is 31.6. The van der Waals surface area contributed by atoms with Crippen molar-refractivity contribution in [2.24, 2.45) is 5.92 Å². The number of nitrogens with one attached hydrogen (secondary N) is 1. The van der Waals surface area contributed by atoms with Gasteiger partial charge in [0.1, 0.15) is 5.82 Å². The van der Waals surface area contributed by atoms with Crippen molar-refractivity contribution in [1.82, 2.24) is 9.88 Å². The molecule has 6 nitrogen and oxygen atoms in total. The molecule has 2 atom stereocenters. The van der Waals surface area contributed by atoms with E-state index in [1.165, 1.54) is 7.11 Å². The summed E-state index contributed by atoms with van der Waals surface area (Å²) in [6.07, 6.45) is 0.896. The molecule has 2 heterocycles. The molecule has 1 aliphatic rings. The summed E-state index contributed by atoms with van der Waals surface area (Å²) in [5, 5.41) is 2.87. The average molecular weight is 367 g/mol. The Hall–Kier alpha value is -2.73. The van der Waals surface area contributed by atoms with Crippen LogP contribution in [0.5, 0.6) is 0 Å². The largest absolute Gasteiger partial charge is 0.367 e. The molecule has 0 radical (unpaired) electrons. The van der Waals surface area contributed by atoms with E-state index in [1.807, 2.05) is 49.4 Å². The van der Waals surface area contributed by atoms with Crippen LogP contribution < -0.4 is 5.32 Å². The Morgan fingerprint density at radius 1 is 1.19 bits per heavy atom. The standard InChI is InChI=1S/C21H25N3O3/c1-15-8-6-12-18(22-15)23-20(25)17-11-7-13-24(14-17)21(26)19(27-2)16-9-4-3-5-10-16/h3-6,8-10,12,17,19H,7,11,13-14H2,1-2H3,(H,22,23,25)/t17-,19+/m0/s1. The Bertz CT molecular complexity index is 794. The topological polar surface area (TPSA) is 71.5 Å². The van der Waals surface area contributed by atoms with Crippen LogP contribution in [0.25, 0.3) is 0 Å². The third-order valence-corrected chi connectivity index (χ3v) is 4.81. The van der Waals surface area contributed by atoms with Gasteiger partial charge in [0.15, 0.2) is 6.10 Å². The van der Waals surface area contributed by atoms with Crippen LogP contribution in [0.3, 0.4) is 0 Å². The van der Waals surface area contributed by atoms with Crippen molar-refractivity contribution < 1.29 is 14.3 Å². The second kappa shape index (κ2) is 8.77. The monoisotopic (exact) mass is 367 g/mol. The maximum Gasteiger partial charge on any atom is 0.256 e. The smallest absolute Gasteiger partial charge is 0.256 e. The van der Waals surface area contributed by atoms with Crippen LogP contribution in [0.1, 0.15) is 30.2 Å². The molecule has 0 bridgehead atoms. The van der Waals surface area contributed by atoms with Crippen LogP contribution in [-0.2, 0) is 14.3 Å². The number of hydrogen-bond donors (Lipinski definition) is 1. The molecular formula is C21H25N3O3. The number of nitrogens with zero attached hydrogens (tertiary/aromatic N) is 2. The number of carbonyl (C=O) groups excluding carboxylic acids is 2. The zero-order chi connectivity index (χ0) is 19.2. The number of rotatable bonds is 5. The molecule has 1 aromatic heterocycles. The summed E-state index contributed by atoms with van der Waals surface area (Å²) in [7, 11) is 1.53. The highest BCUT2D eigenvalue weighted by molar-refractivity contribution is 5.92. The predicted octanol–water partition coefficient (Wildman–Crippen LogP) is 2.95. The zero-order valence-corrected chi connectivity index (χ0v) is 15.7. The molecule has 2 amide bonds. The van der Waals surface area contributed by atoms with Crippen LogP contribution in [-0.4, -0.2) is 41.9 Å². The summed E-state index contributed by atoms with van der Waals surface area (Å²) in [6.45, 7) is 2.91. The minimum Gasteiger partial charge on any atom is -0.367 e. The molecule has 0 saturated carbocycles. The summed E-state index contributed by atoms with van der Waals surface area (Å²) in [5.41, 5.74) is 1.67. The SMILES string of the molecule is CO[C@@H](C(=O)N1CCC[C@H](C(=O)Nc2cccc(C)n2)C1)c1ccccc1. The van der Waals surface area contributed by atoms with Gasteiger partial charge in [-0.15, -0.1) is 0 Å². The number of aryl methyl sites for hydroxylation is 1. The number of pyridine rings is 1. The van der Waals surface area contributed by atoms with E-state index in [0.717, 1.165) is 24.1 Å². The molecule has 6 heteroatoms. The Morgan fingerprint density at radius 3 is 2.67 bits per heavy atom. The maximum absolute atomic E-state index is 13.0. The van der Waals surface area contributed by atoms with Gasteiger partial charge in [-0.1, -0.05) is 36.4 Å². The van der Waals surface area contributed by atoms with E-state index in [9.17, 15) is 9.59 Å². The molecule has 1 aromatic carbocycles. The molecule has 1 N–H and O–H groups in total. The number of carbonyl (C=O) groups is 2. The van der Waals surface area contributed by atoms with Crippen LogP contribution in [0.2, 0.25) is 0 Å². The lowest BCUT2D eigenvalue weighted by atomic mass is 9.96. The first-order valence-corrected chi connectivity index (χ1v) is 9.19. The highest BCUT2D eigenvalue weighted by atomic mass is 16.5. The fourth-order valence-electron chi connectivity index (χ4n) is 3.41. The summed E-state index contributed by atoms with van der Waals surface area (Å²) < 4.78 is 5.45. The van der Waals surface area contributed by atoms with Crippen LogP contribution in [0, 0.1) is 12.8 Å². The number of piperidine rings is 1. The van der Waals surface area contributed by atoms with Crippen molar-refractivity contribution in [3.63, 3.8) is 0 Å². The van der Waals surface area contributed by atoms with Gasteiger partial charge in [0.05, 0.1) is 5.92 Å². The summed E-state index contributed by atoms with van der Waals surface area (Å²) >= 11 is 0. The molecule has 2 aromatic rings. The van der Waals surface area contributed by atoms with Gasteiger partial charge in [-0.3, -0.25) is 9.59 Å². The van der Waals surface area contributed by atoms with Crippen molar-refractivity contribution >= 4 is 17.6 Å². The van der Waals surface area contributed by atoms with Crippen molar-refractivity contribution in [2.75, 3.05) is 25.5 Å². The Morgan fingerprint density at radius 2 is 1.96 bits per heavy atom. The Kier molecular flexibility index (Phi) is 6.19. The highest BCUT2D eigenvalue weighted by Gasteiger charge is 2.32. The molecule has 1 saturated heterocycles. The lowest BCUT2D eigenvalue weighted by Gasteiger charge is -2.34. The van der Waals surface area contributed by atoms with Crippen molar-refractivity contribution in [3.8, 4) is 0 Å². The molecule has 1 aliphatic heterocycles. The van der Waals surface area contributed by atoms with Gasteiger partial charge in [-0.05, 0) is 37.5 Å². The maximum atomic E-state index is 13.0. The Balaban J connectivity index is 1.66. The first kappa shape index (κ1) is 19.0. The van der Waals surface area contributed by atoms with Gasteiger partial charge in [-0.25, -0.2) is 4.98 Å². The molecule has 142 valence electrons. The number of likely N-dealkylation sites (tertiary alicyclic amines) is 1. The van der Waals surface area contributed by atoms with Crippen molar-refractivity contribution in [3.05, 3.63) is 59.8 Å². The molecular weight excluding hydrogens is 342 g/mol. The van der Waals surface area contributed by atoms with Gasteiger partial charge < -0.3 is 15.0 Å². The molecule has 0 spiro atoms. The van der Waals surface area contributed by atoms with E-state index >= 15 is 0 Å². The third kappa shape index (κ3) is 4.71. The number of methoxy groups -OCH3 is 1. The summed E-state index contributed by atoms with van der Waals surface area (Å²) in [6, 6.07) is 14.9. The molecule has 3 rings (SSSR count). The van der Waals surface area contributed by atoms with Crippen LogP contribution >= 0.6 is 0 Å². The number of benzene rings is 1. The van der Waals surface area contributed by atoms with E-state index in [2.05, 4.69) is 10.3 Å². The number of ether oxygens (including phenoxy) is 1. The normalized spacial score (nSPS) is 18.0. The van der Waals surface area contributed by atoms with Gasteiger partial charge in [0, 0.05) is 25.9 Å². The highest BCUT2D eigenvalue weighted by Crippen LogP contribution is 2.24. The number of hydrogen-bond acceptors (Lipinski definition) is 4. The van der Waals surface area contributed by atoms with Crippen LogP contribution in [0.4, 0.5) is 5.82 Å². The number of aromatic nitrogens is 1. The Labute approximate surface area is 159 Å². The zero-order valence-electron chi connectivity index (χ0n) is 15.7. The average Bonchev–Trinajstić information content (AvgIpc) is 2.69. The lowest BCUT2D eigenvalue weighted by molar-refractivity contribution is -0.145. The van der Waals surface area contributed by atoms with E-state index in [0.29, 0.717) is 18.9 Å². The summed E-state index contributed by atoms with van der Waals surface area (Å²) in [5.74, 6) is 0.0925.